The summed E-state index contributed by atoms with van der Waals surface area (Å²) in [6.45, 7) is 3.80. The minimum absolute atomic E-state index is 0.0683. The summed E-state index contributed by atoms with van der Waals surface area (Å²) >= 11 is 0. The Hall–Kier alpha value is -1.30. The van der Waals surface area contributed by atoms with E-state index >= 15 is 0 Å². The highest BCUT2D eigenvalue weighted by molar-refractivity contribution is 5.18. The van der Waals surface area contributed by atoms with E-state index in [1.807, 2.05) is 27.0 Å². The van der Waals surface area contributed by atoms with E-state index < -0.39 is 0 Å². The predicted octanol–water partition coefficient (Wildman–Crippen LogP) is 1.36. The van der Waals surface area contributed by atoms with Crippen molar-refractivity contribution >= 4 is 0 Å². The Morgan fingerprint density at radius 1 is 1.73 bits per heavy atom. The number of hydrogen-bond donors (Lipinski definition) is 0. The van der Waals surface area contributed by atoms with E-state index in [9.17, 15) is 0 Å². The minimum atomic E-state index is -0.0683. The van der Waals surface area contributed by atoms with Gasteiger partial charge in [-0.2, -0.15) is 10.4 Å². The fraction of sp³-hybridized carbons (Fsp3) is 0.500. The van der Waals surface area contributed by atoms with E-state index in [-0.39, 0.29) is 5.92 Å². The van der Waals surface area contributed by atoms with Crippen molar-refractivity contribution in [2.45, 2.75) is 19.8 Å². The molecule has 1 aromatic rings. The second kappa shape index (κ2) is 2.75. The molecule has 0 saturated heterocycles. The Morgan fingerprint density at radius 3 is 2.73 bits per heavy atom. The first-order valence-electron chi connectivity index (χ1n) is 3.55. The molecule has 1 unspecified atom stereocenters. The van der Waals surface area contributed by atoms with Crippen molar-refractivity contribution in [3.05, 3.63) is 17.5 Å². The molecule has 0 aromatic carbocycles. The van der Waals surface area contributed by atoms with Crippen LogP contribution in [0.15, 0.2) is 6.07 Å². The third-order valence-corrected chi connectivity index (χ3v) is 1.68. The van der Waals surface area contributed by atoms with Crippen LogP contribution < -0.4 is 0 Å². The minimum Gasteiger partial charge on any atom is -0.271 e. The van der Waals surface area contributed by atoms with Crippen molar-refractivity contribution in [2.75, 3.05) is 0 Å². The number of hydrogen-bond acceptors (Lipinski definition) is 2. The van der Waals surface area contributed by atoms with Gasteiger partial charge in [0, 0.05) is 7.05 Å². The van der Waals surface area contributed by atoms with Gasteiger partial charge in [-0.05, 0) is 19.9 Å². The first-order valence-corrected chi connectivity index (χ1v) is 3.55. The number of aryl methyl sites for hydroxylation is 2. The van der Waals surface area contributed by atoms with Crippen LogP contribution in [0.2, 0.25) is 0 Å². The summed E-state index contributed by atoms with van der Waals surface area (Å²) in [6, 6.07) is 4.11. The smallest absolute Gasteiger partial charge is 0.0853 e. The van der Waals surface area contributed by atoms with Gasteiger partial charge >= 0.3 is 0 Å². The van der Waals surface area contributed by atoms with Gasteiger partial charge in [-0.1, -0.05) is 0 Å². The summed E-state index contributed by atoms with van der Waals surface area (Å²) in [4.78, 5) is 0. The average molecular weight is 149 g/mol. The average Bonchev–Trinajstić information content (AvgIpc) is 2.28. The monoisotopic (exact) mass is 149 g/mol. The van der Waals surface area contributed by atoms with Crippen LogP contribution >= 0.6 is 0 Å². The zero-order chi connectivity index (χ0) is 8.43. The topological polar surface area (TPSA) is 41.6 Å². The maximum Gasteiger partial charge on any atom is 0.0853 e. The summed E-state index contributed by atoms with van der Waals surface area (Å²) in [6.07, 6.45) is 0. The Labute approximate surface area is 66.3 Å². The SMILES string of the molecule is Cc1cc(C(C)C#N)n(C)n1. The molecule has 3 heteroatoms. The van der Waals surface area contributed by atoms with Crippen LogP contribution in [-0.4, -0.2) is 9.78 Å². The molecule has 1 aromatic heterocycles. The fourth-order valence-corrected chi connectivity index (χ4v) is 1.10. The summed E-state index contributed by atoms with van der Waals surface area (Å²) in [5.74, 6) is -0.0683. The van der Waals surface area contributed by atoms with Crippen molar-refractivity contribution in [3.8, 4) is 6.07 Å². The molecule has 1 heterocycles. The number of nitrogens with zero attached hydrogens (tertiary/aromatic N) is 3. The van der Waals surface area contributed by atoms with Crippen LogP contribution in [-0.2, 0) is 7.05 Å². The maximum absolute atomic E-state index is 8.63. The van der Waals surface area contributed by atoms with Gasteiger partial charge in [0.15, 0.2) is 0 Å². The molecule has 0 radical (unpaired) electrons. The molecule has 58 valence electrons. The van der Waals surface area contributed by atoms with E-state index in [2.05, 4.69) is 11.2 Å². The molecule has 0 spiro atoms. The molecule has 0 saturated carbocycles. The molecular formula is C8H11N3. The molecule has 0 N–H and O–H groups in total. The van der Waals surface area contributed by atoms with E-state index in [1.165, 1.54) is 0 Å². The van der Waals surface area contributed by atoms with Gasteiger partial charge in [-0.25, -0.2) is 0 Å². The van der Waals surface area contributed by atoms with Gasteiger partial charge in [0.1, 0.15) is 0 Å². The van der Waals surface area contributed by atoms with E-state index in [0.29, 0.717) is 0 Å². The van der Waals surface area contributed by atoms with Gasteiger partial charge < -0.3 is 0 Å². The zero-order valence-electron chi connectivity index (χ0n) is 7.00. The Morgan fingerprint density at radius 2 is 2.36 bits per heavy atom. The van der Waals surface area contributed by atoms with Crippen LogP contribution in [0.1, 0.15) is 24.2 Å². The van der Waals surface area contributed by atoms with Gasteiger partial charge in [-0.3, -0.25) is 4.68 Å². The van der Waals surface area contributed by atoms with Crippen molar-refractivity contribution < 1.29 is 0 Å². The highest BCUT2D eigenvalue weighted by Gasteiger charge is 2.08. The third-order valence-electron chi connectivity index (χ3n) is 1.68. The third kappa shape index (κ3) is 1.40. The van der Waals surface area contributed by atoms with Crippen LogP contribution in [0.5, 0.6) is 0 Å². The number of rotatable bonds is 1. The standard InChI is InChI=1S/C8H11N3/c1-6(5-9)8-4-7(2)10-11(8)3/h4,6H,1-3H3. The lowest BCUT2D eigenvalue weighted by molar-refractivity contribution is 0.691. The molecule has 3 nitrogen and oxygen atoms in total. The Balaban J connectivity index is 3.05. The van der Waals surface area contributed by atoms with E-state index in [4.69, 9.17) is 5.26 Å². The molecule has 0 aliphatic rings. The van der Waals surface area contributed by atoms with Gasteiger partial charge in [-0.15, -0.1) is 0 Å². The van der Waals surface area contributed by atoms with Gasteiger partial charge in [0.2, 0.25) is 0 Å². The normalized spacial score (nSPS) is 12.5. The molecule has 0 fully saturated rings. The second-order valence-corrected chi connectivity index (χ2v) is 2.68. The molecule has 0 bridgehead atoms. The van der Waals surface area contributed by atoms with Crippen LogP contribution in [0.3, 0.4) is 0 Å². The fourth-order valence-electron chi connectivity index (χ4n) is 1.10. The highest BCUT2D eigenvalue weighted by atomic mass is 15.3. The lowest BCUT2D eigenvalue weighted by atomic mass is 10.1. The van der Waals surface area contributed by atoms with Gasteiger partial charge in [0.25, 0.3) is 0 Å². The molecule has 0 aliphatic carbocycles. The number of nitriles is 1. The molecule has 1 rings (SSSR count). The Kier molecular flexibility index (Phi) is 1.95. The zero-order valence-corrected chi connectivity index (χ0v) is 7.00. The molecule has 11 heavy (non-hydrogen) atoms. The Bertz CT molecular complexity index is 293. The van der Waals surface area contributed by atoms with Crippen molar-refractivity contribution in [1.82, 2.24) is 9.78 Å². The summed E-state index contributed by atoms with van der Waals surface area (Å²) in [5, 5.41) is 12.8. The van der Waals surface area contributed by atoms with Crippen LogP contribution in [0.4, 0.5) is 0 Å². The molecule has 0 aliphatic heterocycles. The van der Waals surface area contributed by atoms with Crippen LogP contribution in [0, 0.1) is 18.3 Å². The van der Waals surface area contributed by atoms with Crippen molar-refractivity contribution in [2.24, 2.45) is 7.05 Å². The quantitative estimate of drug-likeness (QED) is 0.605. The first-order chi connectivity index (χ1) is 5.15. The van der Waals surface area contributed by atoms with E-state index in [0.717, 1.165) is 11.4 Å². The summed E-state index contributed by atoms with van der Waals surface area (Å²) in [7, 11) is 1.86. The van der Waals surface area contributed by atoms with Gasteiger partial charge in [0.05, 0.1) is 23.4 Å². The predicted molar refractivity (Wildman–Crippen MR) is 42.0 cm³/mol. The molecule has 0 amide bonds. The maximum atomic E-state index is 8.63. The van der Waals surface area contributed by atoms with Crippen LogP contribution in [0.25, 0.3) is 0 Å². The van der Waals surface area contributed by atoms with E-state index in [1.54, 1.807) is 4.68 Å². The molecule has 1 atom stereocenters. The van der Waals surface area contributed by atoms with Crippen molar-refractivity contribution in [1.29, 1.82) is 5.26 Å². The second-order valence-electron chi connectivity index (χ2n) is 2.68. The lowest BCUT2D eigenvalue weighted by Crippen LogP contribution is -2.00. The number of aromatic nitrogens is 2. The molecular weight excluding hydrogens is 138 g/mol. The lowest BCUT2D eigenvalue weighted by Gasteiger charge is -2.00. The summed E-state index contributed by atoms with van der Waals surface area (Å²) in [5.41, 5.74) is 1.94. The largest absolute Gasteiger partial charge is 0.271 e. The van der Waals surface area contributed by atoms with Crippen molar-refractivity contribution in [3.63, 3.8) is 0 Å². The first kappa shape index (κ1) is 7.80. The highest BCUT2D eigenvalue weighted by Crippen LogP contribution is 2.13. The summed E-state index contributed by atoms with van der Waals surface area (Å²) < 4.78 is 1.75.